The first kappa shape index (κ1) is 19.5. The fourth-order valence-corrected chi connectivity index (χ4v) is 2.92. The van der Waals surface area contributed by atoms with Gasteiger partial charge in [0.2, 0.25) is 10.0 Å². The van der Waals surface area contributed by atoms with Crippen LogP contribution >= 0.6 is 0 Å². The number of nitrogens with two attached hydrogens (primary N) is 1. The lowest BCUT2D eigenvalue weighted by Crippen LogP contribution is -2.27. The number of furan rings is 1. The molecule has 0 fully saturated rings. The zero-order chi connectivity index (χ0) is 19.6. The molecule has 140 valence electrons. The van der Waals surface area contributed by atoms with E-state index in [0.29, 0.717) is 0 Å². The minimum absolute atomic E-state index is 0.00302. The minimum atomic E-state index is -3.99. The van der Waals surface area contributed by atoms with Gasteiger partial charge in [0.05, 0.1) is 24.1 Å². The lowest BCUT2D eigenvalue weighted by atomic mass is 10.1. The largest absolute Gasteiger partial charge is 0.496 e. The third kappa shape index (κ3) is 4.03. The van der Waals surface area contributed by atoms with Gasteiger partial charge in [-0.2, -0.15) is 0 Å². The predicted molar refractivity (Wildman–Crippen MR) is 90.6 cm³/mol. The topological polar surface area (TPSA) is 140 Å². The minimum Gasteiger partial charge on any atom is -0.496 e. The van der Waals surface area contributed by atoms with Crippen molar-refractivity contribution < 1.29 is 32.3 Å². The van der Waals surface area contributed by atoms with Crippen molar-refractivity contribution in [2.24, 2.45) is 5.14 Å². The van der Waals surface area contributed by atoms with Gasteiger partial charge < -0.3 is 19.2 Å². The summed E-state index contributed by atoms with van der Waals surface area (Å²) < 4.78 is 33.5. The lowest BCUT2D eigenvalue weighted by Gasteiger charge is -2.18. The molecule has 2 rings (SSSR count). The standard InChI is InChI=1S/C16H18N2O7S/c1-9-12(16(20)21)6-10(25-9)8-18(2)15(19)13-7-11(26(17,22)23)4-5-14(13)24-3/h4-7H,8H2,1-3H3,(H,20,21)(H2,17,22,23). The molecular weight excluding hydrogens is 364 g/mol. The third-order valence-corrected chi connectivity index (χ3v) is 4.58. The molecule has 1 aromatic carbocycles. The van der Waals surface area contributed by atoms with Crippen molar-refractivity contribution in [3.63, 3.8) is 0 Å². The summed E-state index contributed by atoms with van der Waals surface area (Å²) in [6, 6.07) is 5.03. The molecule has 0 saturated carbocycles. The molecule has 0 bridgehead atoms. The van der Waals surface area contributed by atoms with Crippen molar-refractivity contribution in [1.82, 2.24) is 4.90 Å². The first-order chi connectivity index (χ1) is 12.0. The maximum atomic E-state index is 12.7. The molecule has 2 aromatic rings. The van der Waals surface area contributed by atoms with Crippen molar-refractivity contribution in [2.75, 3.05) is 14.2 Å². The molecule has 0 atom stereocenters. The lowest BCUT2D eigenvalue weighted by molar-refractivity contribution is 0.0694. The number of rotatable bonds is 6. The summed E-state index contributed by atoms with van der Waals surface area (Å²) >= 11 is 0. The Kier molecular flexibility index (Phi) is 5.38. The molecule has 1 amide bonds. The molecular formula is C16H18N2O7S. The number of hydrogen-bond donors (Lipinski definition) is 2. The Balaban J connectivity index is 2.33. The van der Waals surface area contributed by atoms with Crippen molar-refractivity contribution in [1.29, 1.82) is 0 Å². The molecule has 0 aliphatic heterocycles. The SMILES string of the molecule is COc1ccc(S(N)(=O)=O)cc1C(=O)N(C)Cc1cc(C(=O)O)c(C)o1. The number of benzene rings is 1. The van der Waals surface area contributed by atoms with Crippen LogP contribution in [0.25, 0.3) is 0 Å². The molecule has 0 radical (unpaired) electrons. The van der Waals surface area contributed by atoms with E-state index in [9.17, 15) is 18.0 Å². The average Bonchev–Trinajstić information content (AvgIpc) is 2.93. The van der Waals surface area contributed by atoms with Crippen LogP contribution in [0, 0.1) is 6.92 Å². The molecule has 0 aliphatic rings. The summed E-state index contributed by atoms with van der Waals surface area (Å²) in [6.07, 6.45) is 0. The molecule has 9 nitrogen and oxygen atoms in total. The number of carboxylic acid groups (broad SMARTS) is 1. The van der Waals surface area contributed by atoms with E-state index in [0.717, 1.165) is 6.07 Å². The van der Waals surface area contributed by atoms with E-state index in [-0.39, 0.29) is 39.8 Å². The van der Waals surface area contributed by atoms with E-state index in [2.05, 4.69) is 0 Å². The molecule has 3 N–H and O–H groups in total. The molecule has 0 unspecified atom stereocenters. The Labute approximate surface area is 150 Å². The van der Waals surface area contributed by atoms with Crippen molar-refractivity contribution in [2.45, 2.75) is 18.4 Å². The zero-order valence-corrected chi connectivity index (χ0v) is 15.2. The fourth-order valence-electron chi connectivity index (χ4n) is 2.38. The highest BCUT2D eigenvalue weighted by Gasteiger charge is 2.22. The molecule has 0 aliphatic carbocycles. The number of nitrogens with zero attached hydrogens (tertiary/aromatic N) is 1. The number of aromatic carboxylic acids is 1. The number of methoxy groups -OCH3 is 1. The van der Waals surface area contributed by atoms with Gasteiger partial charge in [-0.3, -0.25) is 4.79 Å². The van der Waals surface area contributed by atoms with Crippen molar-refractivity contribution >= 4 is 21.9 Å². The van der Waals surface area contributed by atoms with E-state index in [1.165, 1.54) is 44.2 Å². The van der Waals surface area contributed by atoms with Gasteiger partial charge in [-0.15, -0.1) is 0 Å². The first-order valence-corrected chi connectivity index (χ1v) is 8.88. The van der Waals surface area contributed by atoms with E-state index >= 15 is 0 Å². The van der Waals surface area contributed by atoms with Gasteiger partial charge in [-0.25, -0.2) is 18.4 Å². The Morgan fingerprint density at radius 3 is 2.42 bits per heavy atom. The summed E-state index contributed by atoms with van der Waals surface area (Å²) in [7, 11) is -1.18. The Hall–Kier alpha value is -2.85. The summed E-state index contributed by atoms with van der Waals surface area (Å²) in [5.41, 5.74) is 0.0120. The molecule has 1 aromatic heterocycles. The maximum absolute atomic E-state index is 12.7. The molecule has 26 heavy (non-hydrogen) atoms. The summed E-state index contributed by atoms with van der Waals surface area (Å²) in [4.78, 5) is 24.8. The van der Waals surface area contributed by atoms with Crippen LogP contribution in [0.15, 0.2) is 33.6 Å². The van der Waals surface area contributed by atoms with Gasteiger partial charge in [0.15, 0.2) is 0 Å². The molecule has 0 saturated heterocycles. The normalized spacial score (nSPS) is 11.2. The van der Waals surface area contributed by atoms with Gasteiger partial charge in [0, 0.05) is 7.05 Å². The van der Waals surface area contributed by atoms with E-state index in [4.69, 9.17) is 19.4 Å². The fraction of sp³-hybridized carbons (Fsp3) is 0.250. The monoisotopic (exact) mass is 382 g/mol. The second-order valence-corrected chi connectivity index (χ2v) is 7.12. The number of carbonyl (C=O) groups is 2. The van der Waals surface area contributed by atoms with Crippen LogP contribution in [-0.2, 0) is 16.6 Å². The van der Waals surface area contributed by atoms with E-state index < -0.39 is 21.9 Å². The summed E-state index contributed by atoms with van der Waals surface area (Å²) in [6.45, 7) is 1.49. The Morgan fingerprint density at radius 2 is 1.92 bits per heavy atom. The molecule has 1 heterocycles. The Morgan fingerprint density at radius 1 is 1.27 bits per heavy atom. The smallest absolute Gasteiger partial charge is 0.339 e. The second kappa shape index (κ2) is 7.18. The van der Waals surface area contributed by atoms with Gasteiger partial charge in [0.25, 0.3) is 5.91 Å². The predicted octanol–water partition coefficient (Wildman–Crippen LogP) is 1.21. The third-order valence-electron chi connectivity index (χ3n) is 3.67. The van der Waals surface area contributed by atoms with Gasteiger partial charge >= 0.3 is 5.97 Å². The summed E-state index contributed by atoms with van der Waals surface area (Å²) in [5.74, 6) is -0.997. The van der Waals surface area contributed by atoms with Crippen LogP contribution in [-0.4, -0.2) is 44.5 Å². The van der Waals surface area contributed by atoms with Gasteiger partial charge in [-0.1, -0.05) is 0 Å². The zero-order valence-electron chi connectivity index (χ0n) is 14.3. The highest BCUT2D eigenvalue weighted by atomic mass is 32.2. The number of aryl methyl sites for hydroxylation is 1. The first-order valence-electron chi connectivity index (χ1n) is 7.33. The Bertz CT molecular complexity index is 963. The van der Waals surface area contributed by atoms with Crippen LogP contribution in [0.4, 0.5) is 0 Å². The van der Waals surface area contributed by atoms with E-state index in [1.807, 2.05) is 0 Å². The average molecular weight is 382 g/mol. The second-order valence-electron chi connectivity index (χ2n) is 5.56. The van der Waals surface area contributed by atoms with Crippen LogP contribution < -0.4 is 9.88 Å². The number of amides is 1. The molecule has 10 heteroatoms. The number of ether oxygens (including phenoxy) is 1. The highest BCUT2D eigenvalue weighted by molar-refractivity contribution is 7.89. The summed E-state index contributed by atoms with van der Waals surface area (Å²) in [5, 5.41) is 14.2. The van der Waals surface area contributed by atoms with Gasteiger partial charge in [0.1, 0.15) is 22.8 Å². The van der Waals surface area contributed by atoms with Crippen LogP contribution in [0.5, 0.6) is 5.75 Å². The number of carbonyl (C=O) groups excluding carboxylic acids is 1. The van der Waals surface area contributed by atoms with E-state index in [1.54, 1.807) is 0 Å². The maximum Gasteiger partial charge on any atom is 0.339 e. The van der Waals surface area contributed by atoms with Gasteiger partial charge in [-0.05, 0) is 31.2 Å². The number of hydrogen-bond acceptors (Lipinski definition) is 6. The number of primary sulfonamides is 1. The quantitative estimate of drug-likeness (QED) is 0.765. The van der Waals surface area contributed by atoms with Crippen LogP contribution in [0.2, 0.25) is 0 Å². The van der Waals surface area contributed by atoms with Crippen LogP contribution in [0.1, 0.15) is 32.2 Å². The molecule has 0 spiro atoms. The number of carboxylic acids is 1. The van der Waals surface area contributed by atoms with Crippen LogP contribution in [0.3, 0.4) is 0 Å². The van der Waals surface area contributed by atoms with Crippen molar-refractivity contribution in [3.05, 3.63) is 46.9 Å². The number of sulfonamides is 1. The highest BCUT2D eigenvalue weighted by Crippen LogP contribution is 2.24. The van der Waals surface area contributed by atoms with Crippen molar-refractivity contribution in [3.8, 4) is 5.75 Å².